The van der Waals surface area contributed by atoms with Gasteiger partial charge in [0.15, 0.2) is 5.69 Å². The monoisotopic (exact) mass is 397 g/mol. The second-order valence-corrected chi connectivity index (χ2v) is 7.13. The number of halogens is 1. The normalized spacial score (nSPS) is 19.6. The van der Waals surface area contributed by atoms with Gasteiger partial charge < -0.3 is 10.1 Å². The molecule has 2 atom stereocenters. The highest BCUT2D eigenvalue weighted by Gasteiger charge is 2.44. The van der Waals surface area contributed by atoms with E-state index < -0.39 is 0 Å². The van der Waals surface area contributed by atoms with Gasteiger partial charge in [-0.15, -0.1) is 10.2 Å². The van der Waals surface area contributed by atoms with E-state index in [1.807, 2.05) is 49.4 Å². The summed E-state index contributed by atoms with van der Waals surface area (Å²) in [5.41, 5.74) is 3.20. The van der Waals surface area contributed by atoms with Crippen LogP contribution in [0.25, 0.3) is 10.9 Å². The van der Waals surface area contributed by atoms with Crippen molar-refractivity contribution in [3.63, 3.8) is 0 Å². The lowest BCUT2D eigenvalue weighted by atomic mass is 10.1. The van der Waals surface area contributed by atoms with Crippen molar-refractivity contribution < 1.29 is 9.90 Å². The van der Waals surface area contributed by atoms with Gasteiger partial charge in [-0.3, -0.25) is 4.79 Å². The summed E-state index contributed by atoms with van der Waals surface area (Å²) < 4.78 is 0.830. The molecular weight excluding hydrogens is 382 g/mol. The third kappa shape index (κ3) is 2.87. The summed E-state index contributed by atoms with van der Waals surface area (Å²) in [7, 11) is 0. The Morgan fingerprint density at radius 2 is 2.00 bits per heavy atom. The van der Waals surface area contributed by atoms with Crippen LogP contribution < -0.4 is 0 Å². The molecule has 1 aromatic heterocycles. The molecule has 2 N–H and O–H groups in total. The minimum Gasteiger partial charge on any atom is -0.493 e. The van der Waals surface area contributed by atoms with E-state index in [2.05, 4.69) is 31.1 Å². The topological polar surface area (TPSA) is 77.8 Å². The van der Waals surface area contributed by atoms with Crippen molar-refractivity contribution in [2.75, 3.05) is 0 Å². The fourth-order valence-corrected chi connectivity index (χ4v) is 3.66. The van der Waals surface area contributed by atoms with Crippen LogP contribution >= 0.6 is 15.9 Å². The standard InChI is InChI=1S/C19H16BrN3O2/c1-10-7-8-14-15(16(10)20)17(19(25)21-14)22-23-18(24)13-9-12(13)11-5-3-2-4-6-11/h2-8,12-13,21,25H,9H2,1H3/t12-,13+/m1/s1. The molecule has 5 nitrogen and oxygen atoms in total. The van der Waals surface area contributed by atoms with Crippen LogP contribution in [0.2, 0.25) is 0 Å². The van der Waals surface area contributed by atoms with Crippen LogP contribution in [0, 0.1) is 12.8 Å². The van der Waals surface area contributed by atoms with Crippen molar-refractivity contribution in [2.45, 2.75) is 19.3 Å². The Kier molecular flexibility index (Phi) is 3.92. The average Bonchev–Trinajstić information content (AvgIpc) is 3.35. The van der Waals surface area contributed by atoms with Crippen molar-refractivity contribution >= 4 is 38.4 Å². The SMILES string of the molecule is Cc1ccc2[nH]c(O)c(N=NC(=O)[C@H]3C[C@@H]3c3ccccc3)c2c1Br. The molecule has 0 radical (unpaired) electrons. The predicted molar refractivity (Wildman–Crippen MR) is 99.2 cm³/mol. The molecule has 0 bridgehead atoms. The molecular formula is C19H16BrN3O2. The van der Waals surface area contributed by atoms with Gasteiger partial charge in [-0.05, 0) is 52.4 Å². The number of carbonyl (C=O) groups excluding carboxylic acids is 1. The molecule has 6 heteroatoms. The molecule has 4 rings (SSSR count). The van der Waals surface area contributed by atoms with Gasteiger partial charge in [0.05, 0.1) is 5.52 Å². The lowest BCUT2D eigenvalue weighted by molar-refractivity contribution is -0.119. The van der Waals surface area contributed by atoms with Gasteiger partial charge in [-0.1, -0.05) is 36.4 Å². The molecule has 1 fully saturated rings. The van der Waals surface area contributed by atoms with Gasteiger partial charge in [0.25, 0.3) is 5.91 Å². The molecule has 0 saturated heterocycles. The van der Waals surface area contributed by atoms with Crippen molar-refractivity contribution in [2.24, 2.45) is 16.1 Å². The number of azo groups is 1. The lowest BCUT2D eigenvalue weighted by Gasteiger charge is -2.00. The Hall–Kier alpha value is -2.47. The number of amides is 1. The summed E-state index contributed by atoms with van der Waals surface area (Å²) in [5, 5.41) is 18.8. The van der Waals surface area contributed by atoms with Crippen LogP contribution in [0.5, 0.6) is 5.88 Å². The van der Waals surface area contributed by atoms with Crippen LogP contribution in [0.1, 0.15) is 23.5 Å². The number of aryl methyl sites for hydroxylation is 1. The number of nitrogens with one attached hydrogen (secondary N) is 1. The van der Waals surface area contributed by atoms with Gasteiger partial charge >= 0.3 is 0 Å². The summed E-state index contributed by atoms with van der Waals surface area (Å²) in [6.45, 7) is 1.95. The van der Waals surface area contributed by atoms with Crippen molar-refractivity contribution in [3.05, 3.63) is 58.1 Å². The fourth-order valence-electron chi connectivity index (χ4n) is 3.13. The maximum atomic E-state index is 12.3. The smallest absolute Gasteiger partial charge is 0.268 e. The zero-order chi connectivity index (χ0) is 17.6. The van der Waals surface area contributed by atoms with E-state index in [0.29, 0.717) is 0 Å². The number of carbonyl (C=O) groups is 1. The number of nitrogens with zero attached hydrogens (tertiary/aromatic N) is 2. The average molecular weight is 398 g/mol. The molecule has 2 aromatic carbocycles. The second-order valence-electron chi connectivity index (χ2n) is 6.34. The molecule has 1 aliphatic carbocycles. The first-order chi connectivity index (χ1) is 12.1. The Bertz CT molecular complexity index is 995. The van der Waals surface area contributed by atoms with Crippen LogP contribution in [0.4, 0.5) is 5.69 Å². The van der Waals surface area contributed by atoms with Crippen LogP contribution in [-0.4, -0.2) is 16.0 Å². The number of rotatable bonds is 3. The first-order valence-corrected chi connectivity index (χ1v) is 8.86. The highest BCUT2D eigenvalue weighted by molar-refractivity contribution is 9.10. The molecule has 0 spiro atoms. The van der Waals surface area contributed by atoms with Crippen LogP contribution in [-0.2, 0) is 4.79 Å². The lowest BCUT2D eigenvalue weighted by Crippen LogP contribution is -1.96. The Morgan fingerprint density at radius 3 is 2.76 bits per heavy atom. The molecule has 1 amide bonds. The summed E-state index contributed by atoms with van der Waals surface area (Å²) in [4.78, 5) is 15.2. The number of hydrogen-bond donors (Lipinski definition) is 2. The predicted octanol–water partition coefficient (Wildman–Crippen LogP) is 5.36. The Morgan fingerprint density at radius 1 is 1.24 bits per heavy atom. The zero-order valence-corrected chi connectivity index (χ0v) is 15.1. The molecule has 126 valence electrons. The molecule has 25 heavy (non-hydrogen) atoms. The van der Waals surface area contributed by atoms with Gasteiger partial charge in [-0.25, -0.2) is 0 Å². The fraction of sp³-hybridized carbons (Fsp3) is 0.211. The second kappa shape index (κ2) is 6.11. The number of H-pyrrole nitrogens is 1. The summed E-state index contributed by atoms with van der Waals surface area (Å²) in [6.07, 6.45) is 0.796. The number of hydrogen-bond acceptors (Lipinski definition) is 3. The van der Waals surface area contributed by atoms with E-state index in [1.54, 1.807) is 0 Å². The first-order valence-electron chi connectivity index (χ1n) is 8.06. The van der Waals surface area contributed by atoms with Gasteiger partial charge in [-0.2, -0.15) is 0 Å². The van der Waals surface area contributed by atoms with Crippen LogP contribution in [0.3, 0.4) is 0 Å². The third-order valence-electron chi connectivity index (χ3n) is 4.63. The largest absolute Gasteiger partial charge is 0.493 e. The Labute approximate surface area is 152 Å². The van der Waals surface area contributed by atoms with E-state index in [4.69, 9.17) is 0 Å². The number of benzene rings is 2. The maximum Gasteiger partial charge on any atom is 0.268 e. The molecule has 1 heterocycles. The molecule has 1 saturated carbocycles. The highest BCUT2D eigenvalue weighted by Crippen LogP contribution is 2.48. The first kappa shape index (κ1) is 16.0. The molecule has 0 unspecified atom stereocenters. The summed E-state index contributed by atoms with van der Waals surface area (Å²) in [5.74, 6) is -0.235. The zero-order valence-electron chi connectivity index (χ0n) is 13.5. The minimum absolute atomic E-state index is 0.0896. The quantitative estimate of drug-likeness (QED) is 0.583. The Balaban J connectivity index is 1.59. The number of aromatic hydroxyl groups is 1. The summed E-state index contributed by atoms with van der Waals surface area (Å²) in [6, 6.07) is 13.8. The van der Waals surface area contributed by atoms with E-state index in [0.717, 1.165) is 32.9 Å². The maximum absolute atomic E-state index is 12.3. The molecule has 1 aliphatic rings. The summed E-state index contributed by atoms with van der Waals surface area (Å²) >= 11 is 3.52. The van der Waals surface area contributed by atoms with Crippen LogP contribution in [0.15, 0.2) is 57.2 Å². The van der Waals surface area contributed by atoms with E-state index in [-0.39, 0.29) is 29.3 Å². The number of aromatic nitrogens is 1. The van der Waals surface area contributed by atoms with E-state index in [1.165, 1.54) is 0 Å². The van der Waals surface area contributed by atoms with E-state index >= 15 is 0 Å². The minimum atomic E-state index is -0.244. The van der Waals surface area contributed by atoms with Gasteiger partial charge in [0, 0.05) is 15.8 Å². The van der Waals surface area contributed by atoms with Crippen molar-refractivity contribution in [1.82, 2.24) is 4.98 Å². The number of aromatic amines is 1. The highest BCUT2D eigenvalue weighted by atomic mass is 79.9. The van der Waals surface area contributed by atoms with Gasteiger partial charge in [0.1, 0.15) is 0 Å². The van der Waals surface area contributed by atoms with Crippen molar-refractivity contribution in [1.29, 1.82) is 0 Å². The molecule has 3 aromatic rings. The van der Waals surface area contributed by atoms with E-state index in [9.17, 15) is 9.90 Å². The molecule has 0 aliphatic heterocycles. The third-order valence-corrected chi connectivity index (χ3v) is 5.66. The number of fused-ring (bicyclic) bond motifs is 1. The van der Waals surface area contributed by atoms with Gasteiger partial charge in [0.2, 0.25) is 5.88 Å². The van der Waals surface area contributed by atoms with Crippen molar-refractivity contribution in [3.8, 4) is 5.88 Å².